The van der Waals surface area contributed by atoms with E-state index in [9.17, 15) is 9.59 Å². The zero-order valence-corrected chi connectivity index (χ0v) is 32.6. The molecule has 272 valence electrons. The lowest BCUT2D eigenvalue weighted by Gasteiger charge is -2.38. The summed E-state index contributed by atoms with van der Waals surface area (Å²) < 4.78 is 38.4. The van der Waals surface area contributed by atoms with Crippen molar-refractivity contribution in [2.75, 3.05) is 53.5 Å². The van der Waals surface area contributed by atoms with Gasteiger partial charge in [0.15, 0.2) is 8.32 Å². The van der Waals surface area contributed by atoms with Crippen molar-refractivity contribution in [2.24, 2.45) is 23.7 Å². The molecule has 4 atom stereocenters. The molecule has 0 aliphatic heterocycles. The molecule has 4 unspecified atom stereocenters. The van der Waals surface area contributed by atoms with Gasteiger partial charge in [-0.25, -0.2) is 9.59 Å². The maximum Gasteiger partial charge on any atom is 0.332 e. The molecule has 2 aliphatic carbocycles. The summed E-state index contributed by atoms with van der Waals surface area (Å²) in [7, 11) is -0.0334. The Bertz CT molecular complexity index is 857. The predicted octanol–water partition coefficient (Wildman–Crippen LogP) is 7.94. The lowest BCUT2D eigenvalue weighted by atomic mass is 9.82. The number of carbonyl (C=O) groups excluding carboxylic acids is 2. The summed E-state index contributed by atoms with van der Waals surface area (Å²) in [5.74, 6) is 1.67. The van der Waals surface area contributed by atoms with Gasteiger partial charge in [0.05, 0.1) is 19.8 Å². The van der Waals surface area contributed by atoms with Gasteiger partial charge < -0.3 is 32.8 Å². The summed E-state index contributed by atoms with van der Waals surface area (Å²) in [6.45, 7) is 26.0. The third-order valence-corrected chi connectivity index (χ3v) is 13.3. The summed E-state index contributed by atoms with van der Waals surface area (Å²) >= 11 is 0. The van der Waals surface area contributed by atoms with Crippen molar-refractivity contribution in [3.8, 4) is 0 Å². The van der Waals surface area contributed by atoms with Crippen LogP contribution in [0.5, 0.6) is 0 Å². The molecule has 0 amide bonds. The van der Waals surface area contributed by atoms with Crippen LogP contribution < -0.4 is 0 Å². The van der Waals surface area contributed by atoms with E-state index in [-0.39, 0.29) is 30.2 Å². The topological polar surface area (TPSA) is 98.8 Å². The number of methoxy groups -OCH3 is 1. The number of carbonyl (C=O) groups is 2. The molecule has 0 N–H and O–H groups in total. The standard InChI is InChI=1S/C20H40O4Si.C16H30O5/c1-19(2,3)24-18(21)15-22-13-16-10-9-11-17(12-16)14-23-25(7,8)20(4,5)6;1-16(2,3)21-15(17)11-19-9-13-6-5-7-14(8-13)10-20-12-18-4/h16-17H,9-15H2,1-8H3;13-14H,5-12H2,1-4H3. The Hall–Kier alpha value is -1.04. The van der Waals surface area contributed by atoms with Crippen LogP contribution >= 0.6 is 0 Å². The van der Waals surface area contributed by atoms with E-state index in [0.29, 0.717) is 43.7 Å². The highest BCUT2D eigenvalue weighted by molar-refractivity contribution is 6.74. The minimum atomic E-state index is -1.67. The molecule has 0 saturated heterocycles. The fourth-order valence-corrected chi connectivity index (χ4v) is 6.70. The van der Waals surface area contributed by atoms with Crippen molar-refractivity contribution in [3.63, 3.8) is 0 Å². The summed E-state index contributed by atoms with van der Waals surface area (Å²) in [4.78, 5) is 23.3. The largest absolute Gasteiger partial charge is 0.458 e. The zero-order chi connectivity index (χ0) is 35.0. The highest BCUT2D eigenvalue weighted by Gasteiger charge is 2.38. The number of hydrogen-bond acceptors (Lipinski definition) is 9. The molecule has 0 aromatic rings. The Balaban J connectivity index is 0.000000467. The number of hydrogen-bond donors (Lipinski definition) is 0. The first-order valence-electron chi connectivity index (χ1n) is 17.5. The van der Waals surface area contributed by atoms with Crippen LogP contribution in [0.2, 0.25) is 18.1 Å². The van der Waals surface area contributed by atoms with Crippen molar-refractivity contribution in [2.45, 2.75) is 143 Å². The second-order valence-electron chi connectivity index (χ2n) is 16.8. The first-order valence-corrected chi connectivity index (χ1v) is 20.4. The van der Waals surface area contributed by atoms with Gasteiger partial charge in [-0.3, -0.25) is 0 Å². The summed E-state index contributed by atoms with van der Waals surface area (Å²) in [5, 5.41) is 0.262. The monoisotopic (exact) mass is 674 g/mol. The summed E-state index contributed by atoms with van der Waals surface area (Å²) in [6.07, 6.45) is 9.46. The molecule has 2 fully saturated rings. The van der Waals surface area contributed by atoms with E-state index in [2.05, 4.69) is 33.9 Å². The molecule has 0 heterocycles. The molecule has 2 rings (SSSR count). The molecule has 9 nitrogen and oxygen atoms in total. The van der Waals surface area contributed by atoms with Crippen molar-refractivity contribution in [1.29, 1.82) is 0 Å². The molecule has 0 radical (unpaired) electrons. The molecule has 2 saturated carbocycles. The molecule has 10 heteroatoms. The van der Waals surface area contributed by atoms with Crippen LogP contribution in [0.25, 0.3) is 0 Å². The third kappa shape index (κ3) is 20.4. The van der Waals surface area contributed by atoms with Gasteiger partial charge in [0.1, 0.15) is 31.2 Å². The molecule has 0 spiro atoms. The zero-order valence-electron chi connectivity index (χ0n) is 31.6. The van der Waals surface area contributed by atoms with Crippen LogP contribution in [0, 0.1) is 23.7 Å². The minimum Gasteiger partial charge on any atom is -0.458 e. The Morgan fingerprint density at radius 3 is 1.33 bits per heavy atom. The van der Waals surface area contributed by atoms with E-state index < -0.39 is 19.5 Å². The Labute approximate surface area is 282 Å². The average molecular weight is 675 g/mol. The fourth-order valence-electron chi connectivity index (χ4n) is 5.61. The first kappa shape index (κ1) is 43.0. The minimum absolute atomic E-state index is 0.0403. The van der Waals surface area contributed by atoms with E-state index >= 15 is 0 Å². The Morgan fingerprint density at radius 2 is 0.978 bits per heavy atom. The van der Waals surface area contributed by atoms with Crippen LogP contribution in [-0.2, 0) is 42.4 Å². The van der Waals surface area contributed by atoms with Gasteiger partial charge in [-0.2, -0.15) is 0 Å². The van der Waals surface area contributed by atoms with Crippen LogP contribution in [0.15, 0.2) is 0 Å². The van der Waals surface area contributed by atoms with E-state index in [0.717, 1.165) is 32.5 Å². The maximum absolute atomic E-state index is 11.7. The molecule has 0 aromatic carbocycles. The van der Waals surface area contributed by atoms with Gasteiger partial charge in [0.2, 0.25) is 0 Å². The third-order valence-electron chi connectivity index (χ3n) is 8.81. The second kappa shape index (κ2) is 20.5. The lowest BCUT2D eigenvalue weighted by Crippen LogP contribution is -2.42. The molecule has 0 bridgehead atoms. The van der Waals surface area contributed by atoms with Crippen molar-refractivity contribution in [3.05, 3.63) is 0 Å². The lowest BCUT2D eigenvalue weighted by molar-refractivity contribution is -0.161. The molecular weight excluding hydrogens is 604 g/mol. The van der Waals surface area contributed by atoms with Gasteiger partial charge in [-0.15, -0.1) is 0 Å². The first-order chi connectivity index (χ1) is 21.2. The normalized spacial score (nSPS) is 22.9. The molecule has 46 heavy (non-hydrogen) atoms. The van der Waals surface area contributed by atoms with Crippen LogP contribution in [0.1, 0.15) is 114 Å². The van der Waals surface area contributed by atoms with Crippen LogP contribution in [-0.4, -0.2) is 85.0 Å². The molecular formula is C36H70O9Si. The maximum atomic E-state index is 11.7. The fraction of sp³-hybridized carbons (Fsp3) is 0.944. The smallest absolute Gasteiger partial charge is 0.332 e. The number of ether oxygens (including phenoxy) is 6. The van der Waals surface area contributed by atoms with Crippen LogP contribution in [0.4, 0.5) is 0 Å². The average Bonchev–Trinajstić information content (AvgIpc) is 2.90. The van der Waals surface area contributed by atoms with Gasteiger partial charge >= 0.3 is 11.9 Å². The van der Waals surface area contributed by atoms with E-state index in [4.69, 9.17) is 32.8 Å². The van der Waals surface area contributed by atoms with Crippen LogP contribution in [0.3, 0.4) is 0 Å². The van der Waals surface area contributed by atoms with Crippen molar-refractivity contribution in [1.82, 2.24) is 0 Å². The van der Waals surface area contributed by atoms with Crippen molar-refractivity contribution < 1.29 is 42.4 Å². The second-order valence-corrected chi connectivity index (χ2v) is 21.7. The van der Waals surface area contributed by atoms with Gasteiger partial charge in [0, 0.05) is 13.7 Å². The number of esters is 2. The number of rotatable bonds is 15. The SMILES string of the molecule is CC(C)(C)OC(=O)COCC1CCCC(CO[Si](C)(C)C(C)(C)C)C1.COCOCC1CCCC(COCC(=O)OC(C)(C)C)C1. The molecule has 2 aliphatic rings. The summed E-state index contributed by atoms with van der Waals surface area (Å²) in [5.41, 5.74) is -0.896. The predicted molar refractivity (Wildman–Crippen MR) is 185 cm³/mol. The Morgan fingerprint density at radius 1 is 0.609 bits per heavy atom. The van der Waals surface area contributed by atoms with E-state index in [1.807, 2.05) is 41.5 Å². The summed E-state index contributed by atoms with van der Waals surface area (Å²) in [6, 6.07) is 0. The quantitative estimate of drug-likeness (QED) is 0.0742. The van der Waals surface area contributed by atoms with Crippen molar-refractivity contribution >= 4 is 20.3 Å². The van der Waals surface area contributed by atoms with Gasteiger partial charge in [-0.05, 0) is 122 Å². The Kier molecular flexibility index (Phi) is 19.1. The van der Waals surface area contributed by atoms with Gasteiger partial charge in [-0.1, -0.05) is 33.6 Å². The van der Waals surface area contributed by atoms with E-state index in [1.54, 1.807) is 7.11 Å². The van der Waals surface area contributed by atoms with Gasteiger partial charge in [0.25, 0.3) is 0 Å². The van der Waals surface area contributed by atoms with E-state index in [1.165, 1.54) is 32.1 Å². The molecule has 0 aromatic heterocycles. The highest BCUT2D eigenvalue weighted by Crippen LogP contribution is 2.38. The highest BCUT2D eigenvalue weighted by atomic mass is 28.4.